The Morgan fingerprint density at radius 2 is 1.91 bits per heavy atom. The fourth-order valence-electron chi connectivity index (χ4n) is 3.10. The summed E-state index contributed by atoms with van der Waals surface area (Å²) >= 11 is 0. The van der Waals surface area contributed by atoms with E-state index in [0.717, 1.165) is 5.56 Å². The molecule has 0 unspecified atom stereocenters. The fraction of sp³-hybridized carbons (Fsp3) is 0.529. The summed E-state index contributed by atoms with van der Waals surface area (Å²) in [6.45, 7) is 8.84. The van der Waals surface area contributed by atoms with E-state index in [1.54, 1.807) is 11.0 Å². The van der Waals surface area contributed by atoms with Gasteiger partial charge in [0.1, 0.15) is 5.82 Å². The monoisotopic (exact) mass is 304 g/mol. The number of amides is 2. The molecule has 0 aromatic heterocycles. The highest BCUT2D eigenvalue weighted by atomic mass is 19.1. The largest absolute Gasteiger partial charge is 0.332 e. The van der Waals surface area contributed by atoms with E-state index in [9.17, 15) is 14.0 Å². The Morgan fingerprint density at radius 3 is 2.50 bits per heavy atom. The number of aryl methyl sites for hydroxylation is 1. The molecule has 2 aliphatic heterocycles. The van der Waals surface area contributed by atoms with Crippen LogP contribution in [0.25, 0.3) is 0 Å². The molecular formula is C17H21FN2O2. The molecule has 22 heavy (non-hydrogen) atoms. The van der Waals surface area contributed by atoms with Crippen molar-refractivity contribution in [3.8, 4) is 0 Å². The van der Waals surface area contributed by atoms with E-state index in [1.165, 1.54) is 6.07 Å². The van der Waals surface area contributed by atoms with Gasteiger partial charge in [0.15, 0.2) is 0 Å². The Balaban J connectivity index is 1.93. The molecule has 0 atom stereocenters. The molecule has 2 amide bonds. The number of likely N-dealkylation sites (tertiary alicyclic amines) is 1. The first-order chi connectivity index (χ1) is 10.1. The lowest BCUT2D eigenvalue weighted by Gasteiger charge is -2.61. The van der Waals surface area contributed by atoms with Crippen LogP contribution in [-0.2, 0) is 11.2 Å². The van der Waals surface area contributed by atoms with Crippen LogP contribution in [0.1, 0.15) is 50.0 Å². The third-order valence-electron chi connectivity index (χ3n) is 5.45. The first kappa shape index (κ1) is 15.0. The zero-order valence-electron chi connectivity index (χ0n) is 13.4. The Morgan fingerprint density at radius 1 is 1.23 bits per heavy atom. The van der Waals surface area contributed by atoms with Gasteiger partial charge in [-0.25, -0.2) is 4.39 Å². The van der Waals surface area contributed by atoms with Crippen molar-refractivity contribution < 1.29 is 14.0 Å². The van der Waals surface area contributed by atoms with E-state index >= 15 is 0 Å². The Labute approximate surface area is 129 Å². The van der Waals surface area contributed by atoms with Crippen LogP contribution in [-0.4, -0.2) is 28.8 Å². The van der Waals surface area contributed by atoms with E-state index in [0.29, 0.717) is 25.1 Å². The number of hydrogen-bond acceptors (Lipinski definition) is 2. The summed E-state index contributed by atoms with van der Waals surface area (Å²) in [4.78, 5) is 25.8. The number of nitrogens with one attached hydrogen (secondary N) is 1. The predicted molar refractivity (Wildman–Crippen MR) is 82.2 cm³/mol. The molecule has 1 N–H and O–H groups in total. The molecule has 0 radical (unpaired) electrons. The van der Waals surface area contributed by atoms with Gasteiger partial charge in [-0.1, -0.05) is 13.8 Å². The third-order valence-corrected chi connectivity index (χ3v) is 5.45. The third kappa shape index (κ3) is 2.02. The van der Waals surface area contributed by atoms with E-state index in [4.69, 9.17) is 0 Å². The van der Waals surface area contributed by atoms with Crippen molar-refractivity contribution in [2.24, 2.45) is 5.41 Å². The van der Waals surface area contributed by atoms with Gasteiger partial charge in [0.2, 0.25) is 5.91 Å². The summed E-state index contributed by atoms with van der Waals surface area (Å²) < 4.78 is 14.3. The van der Waals surface area contributed by atoms with Crippen LogP contribution in [0.2, 0.25) is 0 Å². The van der Waals surface area contributed by atoms with Crippen LogP contribution in [0.3, 0.4) is 0 Å². The molecule has 1 fully saturated rings. The summed E-state index contributed by atoms with van der Waals surface area (Å²) in [6.07, 6.45) is 0.908. The molecule has 1 aromatic rings. The molecule has 3 rings (SSSR count). The van der Waals surface area contributed by atoms with Crippen molar-refractivity contribution in [2.75, 3.05) is 11.9 Å². The lowest BCUT2D eigenvalue weighted by atomic mass is 9.65. The second-order valence-electron chi connectivity index (χ2n) is 7.37. The van der Waals surface area contributed by atoms with Gasteiger partial charge in [-0.3, -0.25) is 9.59 Å². The van der Waals surface area contributed by atoms with E-state index in [1.807, 2.05) is 13.8 Å². The smallest absolute Gasteiger partial charge is 0.257 e. The number of anilines is 1. The standard InChI is InChI=1S/C17H21FN2O2/c1-16(2)9-20(17(16,3)4)15(22)11-7-10-5-6-14(21)19-13(10)8-12(11)18/h7-8H,5-6,9H2,1-4H3,(H,19,21). The number of halogens is 1. The van der Waals surface area contributed by atoms with Gasteiger partial charge < -0.3 is 10.2 Å². The molecule has 5 heteroatoms. The van der Waals surface area contributed by atoms with Crippen molar-refractivity contribution in [3.05, 3.63) is 29.1 Å². The number of carbonyl (C=O) groups is 2. The van der Waals surface area contributed by atoms with Crippen LogP contribution in [0.4, 0.5) is 10.1 Å². The lowest BCUT2D eigenvalue weighted by molar-refractivity contribution is -0.116. The molecule has 1 saturated heterocycles. The molecule has 2 heterocycles. The first-order valence-electron chi connectivity index (χ1n) is 7.58. The Bertz CT molecular complexity index is 679. The minimum Gasteiger partial charge on any atom is -0.332 e. The van der Waals surface area contributed by atoms with Gasteiger partial charge in [0.05, 0.1) is 5.56 Å². The zero-order chi connectivity index (χ0) is 16.3. The molecule has 118 valence electrons. The maximum atomic E-state index is 14.3. The van der Waals surface area contributed by atoms with Crippen molar-refractivity contribution >= 4 is 17.5 Å². The van der Waals surface area contributed by atoms with Gasteiger partial charge >= 0.3 is 0 Å². The first-order valence-corrected chi connectivity index (χ1v) is 7.58. The number of hydrogen-bond donors (Lipinski definition) is 1. The average Bonchev–Trinajstić information content (AvgIpc) is 2.43. The molecule has 0 saturated carbocycles. The van der Waals surface area contributed by atoms with E-state index in [2.05, 4.69) is 19.2 Å². The summed E-state index contributed by atoms with van der Waals surface area (Å²) in [7, 11) is 0. The quantitative estimate of drug-likeness (QED) is 0.867. The topological polar surface area (TPSA) is 49.4 Å². The summed E-state index contributed by atoms with van der Waals surface area (Å²) in [5.74, 6) is -0.968. The van der Waals surface area contributed by atoms with Gasteiger partial charge in [0.25, 0.3) is 5.91 Å². The zero-order valence-corrected chi connectivity index (χ0v) is 13.4. The van der Waals surface area contributed by atoms with Gasteiger partial charge in [-0.05, 0) is 38.0 Å². The minimum atomic E-state index is -0.577. The predicted octanol–water partition coefficient (Wildman–Crippen LogP) is 2.97. The number of carbonyl (C=O) groups excluding carboxylic acids is 2. The fourth-order valence-corrected chi connectivity index (χ4v) is 3.10. The normalized spacial score (nSPS) is 21.7. The van der Waals surface area contributed by atoms with Crippen LogP contribution in [0.15, 0.2) is 12.1 Å². The molecule has 0 bridgehead atoms. The summed E-state index contributed by atoms with van der Waals surface area (Å²) in [5.41, 5.74) is 1.11. The van der Waals surface area contributed by atoms with Crippen molar-refractivity contribution in [3.63, 3.8) is 0 Å². The van der Waals surface area contributed by atoms with Gasteiger partial charge in [-0.2, -0.15) is 0 Å². The molecule has 4 nitrogen and oxygen atoms in total. The maximum Gasteiger partial charge on any atom is 0.257 e. The van der Waals surface area contributed by atoms with Gasteiger partial charge in [-0.15, -0.1) is 0 Å². The van der Waals surface area contributed by atoms with Crippen LogP contribution < -0.4 is 5.32 Å². The number of benzene rings is 1. The van der Waals surface area contributed by atoms with E-state index < -0.39 is 5.82 Å². The highest BCUT2D eigenvalue weighted by molar-refractivity contribution is 5.99. The lowest BCUT2D eigenvalue weighted by Crippen LogP contribution is -2.70. The number of fused-ring (bicyclic) bond motifs is 1. The summed E-state index contributed by atoms with van der Waals surface area (Å²) in [5, 5.41) is 2.65. The molecule has 0 spiro atoms. The van der Waals surface area contributed by atoms with Crippen LogP contribution in [0.5, 0.6) is 0 Å². The van der Waals surface area contributed by atoms with E-state index in [-0.39, 0.29) is 28.3 Å². The second-order valence-corrected chi connectivity index (χ2v) is 7.37. The highest BCUT2D eigenvalue weighted by Crippen LogP contribution is 2.47. The molecular weight excluding hydrogens is 283 g/mol. The number of rotatable bonds is 1. The van der Waals surface area contributed by atoms with Crippen molar-refractivity contribution in [1.82, 2.24) is 4.90 Å². The molecule has 1 aromatic carbocycles. The summed E-state index contributed by atoms with van der Waals surface area (Å²) in [6, 6.07) is 2.85. The minimum absolute atomic E-state index is 0.0152. The Kier molecular flexibility index (Phi) is 3.10. The maximum absolute atomic E-state index is 14.3. The SMILES string of the molecule is CC1(C)CN(C(=O)c2cc3c(cc2F)NC(=O)CC3)C1(C)C. The highest BCUT2D eigenvalue weighted by Gasteiger charge is 2.54. The Hall–Kier alpha value is -1.91. The van der Waals surface area contributed by atoms with Gasteiger partial charge in [0, 0.05) is 29.6 Å². The molecule has 2 aliphatic rings. The second kappa shape index (κ2) is 4.54. The van der Waals surface area contributed by atoms with Crippen molar-refractivity contribution in [2.45, 2.75) is 46.1 Å². The van der Waals surface area contributed by atoms with Crippen LogP contribution in [0, 0.1) is 11.2 Å². The van der Waals surface area contributed by atoms with Crippen molar-refractivity contribution in [1.29, 1.82) is 0 Å². The molecule has 0 aliphatic carbocycles. The average molecular weight is 304 g/mol. The van der Waals surface area contributed by atoms with Crippen LogP contribution >= 0.6 is 0 Å². The number of nitrogens with zero attached hydrogens (tertiary/aromatic N) is 1.